The molecule has 1 amide bonds. The van der Waals surface area contributed by atoms with Crippen molar-refractivity contribution in [2.24, 2.45) is 0 Å². The second-order valence-electron chi connectivity index (χ2n) is 5.99. The molecule has 0 atom stereocenters. The Balaban J connectivity index is 1.53. The van der Waals surface area contributed by atoms with Crippen molar-refractivity contribution in [3.63, 3.8) is 0 Å². The van der Waals surface area contributed by atoms with Crippen LogP contribution in [0.25, 0.3) is 5.82 Å². The number of benzene rings is 1. The number of rotatable bonds is 10. The van der Waals surface area contributed by atoms with Crippen LogP contribution in [0.3, 0.4) is 0 Å². The highest BCUT2D eigenvalue weighted by Gasteiger charge is 2.08. The van der Waals surface area contributed by atoms with E-state index in [2.05, 4.69) is 20.4 Å². The van der Waals surface area contributed by atoms with E-state index < -0.39 is 0 Å². The minimum atomic E-state index is -0.179. The molecule has 8 nitrogen and oxygen atoms in total. The lowest BCUT2D eigenvalue weighted by Gasteiger charge is -2.09. The van der Waals surface area contributed by atoms with Gasteiger partial charge in [0.2, 0.25) is 0 Å². The van der Waals surface area contributed by atoms with Crippen LogP contribution in [-0.4, -0.2) is 45.5 Å². The van der Waals surface area contributed by atoms with Gasteiger partial charge < -0.3 is 14.8 Å². The summed E-state index contributed by atoms with van der Waals surface area (Å²) in [7, 11) is 0. The highest BCUT2D eigenvalue weighted by atomic mass is 16.5. The Labute approximate surface area is 163 Å². The first-order chi connectivity index (χ1) is 13.8. The summed E-state index contributed by atoms with van der Waals surface area (Å²) >= 11 is 0. The molecule has 0 unspecified atom stereocenters. The van der Waals surface area contributed by atoms with E-state index in [4.69, 9.17) is 9.47 Å². The summed E-state index contributed by atoms with van der Waals surface area (Å²) in [4.78, 5) is 20.6. The predicted octanol–water partition coefficient (Wildman–Crippen LogP) is 2.15. The van der Waals surface area contributed by atoms with Crippen molar-refractivity contribution in [2.75, 3.05) is 19.8 Å². The molecular weight excluding hydrogens is 358 g/mol. The van der Waals surface area contributed by atoms with Gasteiger partial charge in [0.05, 0.1) is 19.8 Å². The fourth-order valence-corrected chi connectivity index (χ4v) is 2.58. The third kappa shape index (κ3) is 5.70. The van der Waals surface area contributed by atoms with Crippen molar-refractivity contribution in [2.45, 2.75) is 20.1 Å². The topological polar surface area (TPSA) is 91.2 Å². The highest BCUT2D eigenvalue weighted by Crippen LogP contribution is 2.09. The number of amides is 1. The maximum atomic E-state index is 12.5. The zero-order valence-electron chi connectivity index (χ0n) is 15.7. The van der Waals surface area contributed by atoms with E-state index >= 15 is 0 Å². The smallest absolute Gasteiger partial charge is 0.251 e. The number of carbonyl (C=O) groups excluding carboxylic acids is 1. The largest absolute Gasteiger partial charge is 0.379 e. The molecule has 3 rings (SSSR count). The van der Waals surface area contributed by atoms with Crippen molar-refractivity contribution >= 4 is 5.91 Å². The Kier molecular flexibility index (Phi) is 7.22. The van der Waals surface area contributed by atoms with Crippen LogP contribution in [0.15, 0.2) is 55.2 Å². The van der Waals surface area contributed by atoms with E-state index in [0.29, 0.717) is 44.4 Å². The number of nitrogens with one attached hydrogen (secondary N) is 1. The highest BCUT2D eigenvalue weighted by molar-refractivity contribution is 5.94. The summed E-state index contributed by atoms with van der Waals surface area (Å²) in [5, 5.41) is 6.95. The third-order valence-electron chi connectivity index (χ3n) is 3.95. The van der Waals surface area contributed by atoms with E-state index in [-0.39, 0.29) is 5.91 Å². The van der Waals surface area contributed by atoms with Crippen LogP contribution in [-0.2, 0) is 22.6 Å². The number of ether oxygens (including phenoxy) is 2. The Morgan fingerprint density at radius 3 is 2.82 bits per heavy atom. The van der Waals surface area contributed by atoms with Gasteiger partial charge in [-0.15, -0.1) is 0 Å². The predicted molar refractivity (Wildman–Crippen MR) is 103 cm³/mol. The maximum absolute atomic E-state index is 12.5. The Morgan fingerprint density at radius 1 is 1.14 bits per heavy atom. The molecule has 3 aromatic rings. The molecule has 146 valence electrons. The number of hydrogen-bond acceptors (Lipinski definition) is 6. The molecule has 0 aliphatic heterocycles. The molecule has 0 aliphatic carbocycles. The van der Waals surface area contributed by atoms with Crippen LogP contribution in [0.1, 0.15) is 28.4 Å². The maximum Gasteiger partial charge on any atom is 0.251 e. The number of hydrogen-bond donors (Lipinski definition) is 1. The first kappa shape index (κ1) is 19.7. The number of nitrogens with zero attached hydrogens (tertiary/aromatic N) is 4. The normalized spacial score (nSPS) is 10.8. The van der Waals surface area contributed by atoms with E-state index in [1.807, 2.05) is 31.2 Å². The summed E-state index contributed by atoms with van der Waals surface area (Å²) in [6.45, 7) is 4.74. The van der Waals surface area contributed by atoms with E-state index in [9.17, 15) is 4.79 Å². The minimum Gasteiger partial charge on any atom is -0.379 e. The monoisotopic (exact) mass is 381 g/mol. The average Bonchev–Trinajstić information content (AvgIpc) is 3.27. The summed E-state index contributed by atoms with van der Waals surface area (Å²) in [5.41, 5.74) is 2.57. The van der Waals surface area contributed by atoms with E-state index in [0.717, 1.165) is 11.1 Å². The number of aromatic nitrogens is 4. The Bertz CT molecular complexity index is 883. The van der Waals surface area contributed by atoms with Crippen molar-refractivity contribution in [3.8, 4) is 5.82 Å². The molecule has 8 heteroatoms. The Morgan fingerprint density at radius 2 is 2.00 bits per heavy atom. The first-order valence-electron chi connectivity index (χ1n) is 9.09. The molecule has 0 saturated carbocycles. The lowest BCUT2D eigenvalue weighted by molar-refractivity contribution is 0.0453. The first-order valence-corrected chi connectivity index (χ1v) is 9.09. The van der Waals surface area contributed by atoms with Crippen LogP contribution < -0.4 is 5.32 Å². The molecule has 0 spiro atoms. The van der Waals surface area contributed by atoms with Crippen LogP contribution in [0.4, 0.5) is 0 Å². The van der Waals surface area contributed by atoms with Crippen LogP contribution in [0.2, 0.25) is 0 Å². The van der Waals surface area contributed by atoms with Crippen LogP contribution in [0.5, 0.6) is 0 Å². The Hall–Kier alpha value is -3.10. The van der Waals surface area contributed by atoms with Crippen molar-refractivity contribution in [1.82, 2.24) is 25.1 Å². The van der Waals surface area contributed by atoms with Crippen LogP contribution >= 0.6 is 0 Å². The van der Waals surface area contributed by atoms with Crippen molar-refractivity contribution < 1.29 is 14.3 Å². The van der Waals surface area contributed by atoms with Gasteiger partial charge in [0, 0.05) is 24.9 Å². The van der Waals surface area contributed by atoms with E-state index in [1.54, 1.807) is 18.3 Å². The lowest BCUT2D eigenvalue weighted by Crippen LogP contribution is -2.23. The van der Waals surface area contributed by atoms with Crippen LogP contribution in [0, 0.1) is 0 Å². The lowest BCUT2D eigenvalue weighted by atomic mass is 10.1. The van der Waals surface area contributed by atoms with Gasteiger partial charge in [-0.2, -0.15) is 5.10 Å². The third-order valence-corrected chi connectivity index (χ3v) is 3.95. The SMILES string of the molecule is CCOCCOCc1cccc(CNC(=O)c2ccnc(-n3cncn3)c2)c1. The van der Waals surface area contributed by atoms with Crippen molar-refractivity contribution in [1.29, 1.82) is 0 Å². The second-order valence-corrected chi connectivity index (χ2v) is 5.99. The van der Waals surface area contributed by atoms with Crippen molar-refractivity contribution in [3.05, 3.63) is 71.9 Å². The number of pyridine rings is 1. The zero-order chi connectivity index (χ0) is 19.6. The summed E-state index contributed by atoms with van der Waals surface area (Å²) in [5.74, 6) is 0.360. The fraction of sp³-hybridized carbons (Fsp3) is 0.300. The quantitative estimate of drug-likeness (QED) is 0.541. The molecule has 0 bridgehead atoms. The molecule has 28 heavy (non-hydrogen) atoms. The van der Waals surface area contributed by atoms with Gasteiger partial charge in [0.15, 0.2) is 5.82 Å². The summed E-state index contributed by atoms with van der Waals surface area (Å²) < 4.78 is 12.3. The minimum absolute atomic E-state index is 0.179. The van der Waals surface area contributed by atoms with Gasteiger partial charge in [-0.25, -0.2) is 14.6 Å². The van der Waals surface area contributed by atoms with Gasteiger partial charge in [-0.3, -0.25) is 4.79 Å². The van der Waals surface area contributed by atoms with Gasteiger partial charge in [-0.05, 0) is 30.2 Å². The van der Waals surface area contributed by atoms with E-state index in [1.165, 1.54) is 17.3 Å². The molecule has 2 aromatic heterocycles. The standard InChI is InChI=1S/C20H23N5O3/c1-2-27-8-9-28-13-17-5-3-4-16(10-17)12-23-20(26)18-6-7-22-19(11-18)25-15-21-14-24-25/h3-7,10-11,14-15H,2,8-9,12-13H2,1H3,(H,23,26). The molecule has 0 saturated heterocycles. The van der Waals surface area contributed by atoms with Gasteiger partial charge >= 0.3 is 0 Å². The molecule has 0 radical (unpaired) electrons. The molecule has 1 aromatic carbocycles. The zero-order valence-corrected chi connectivity index (χ0v) is 15.7. The molecule has 1 N–H and O–H groups in total. The molecule has 0 aliphatic rings. The second kappa shape index (κ2) is 10.3. The summed E-state index contributed by atoms with van der Waals surface area (Å²) in [6.07, 6.45) is 4.53. The molecular formula is C20H23N5O3. The molecule has 2 heterocycles. The summed E-state index contributed by atoms with van der Waals surface area (Å²) in [6, 6.07) is 11.3. The van der Waals surface area contributed by atoms with Gasteiger partial charge in [-0.1, -0.05) is 24.3 Å². The molecule has 0 fully saturated rings. The van der Waals surface area contributed by atoms with Gasteiger partial charge in [0.25, 0.3) is 5.91 Å². The number of carbonyl (C=O) groups is 1. The fourth-order valence-electron chi connectivity index (χ4n) is 2.58. The average molecular weight is 381 g/mol. The van der Waals surface area contributed by atoms with Gasteiger partial charge in [0.1, 0.15) is 12.7 Å².